The fourth-order valence-electron chi connectivity index (χ4n) is 2.44. The predicted molar refractivity (Wildman–Crippen MR) is 105 cm³/mol. The van der Waals surface area contributed by atoms with Crippen LogP contribution in [-0.4, -0.2) is 11.8 Å². The molecule has 5 nitrogen and oxygen atoms in total. The summed E-state index contributed by atoms with van der Waals surface area (Å²) in [6, 6.07) is 22.3. The Kier molecular flexibility index (Phi) is 5.20. The standard InChI is InChI=1S/C20H16ClN3O2/c21-14-5-4-6-16(13-14)23-19(25)20(26)24(17-7-2-1-3-8-17)18-11-9-15(22)10-12-18/h1-13H,22H2,(H,23,25). The summed E-state index contributed by atoms with van der Waals surface area (Å²) in [6.07, 6.45) is 0. The fourth-order valence-corrected chi connectivity index (χ4v) is 2.63. The van der Waals surface area contributed by atoms with Crippen LogP contribution in [0.3, 0.4) is 0 Å². The van der Waals surface area contributed by atoms with Crippen LogP contribution in [0.5, 0.6) is 0 Å². The lowest BCUT2D eigenvalue weighted by atomic mass is 10.2. The third-order valence-corrected chi connectivity index (χ3v) is 3.88. The normalized spacial score (nSPS) is 10.2. The van der Waals surface area contributed by atoms with Gasteiger partial charge in [-0.25, -0.2) is 0 Å². The molecule has 0 aliphatic carbocycles. The molecule has 2 amide bonds. The molecule has 3 N–H and O–H groups in total. The van der Waals surface area contributed by atoms with Crippen molar-refractivity contribution in [1.82, 2.24) is 0 Å². The van der Waals surface area contributed by atoms with Gasteiger partial charge < -0.3 is 11.1 Å². The second-order valence-electron chi connectivity index (χ2n) is 5.53. The Morgan fingerprint density at radius 1 is 0.846 bits per heavy atom. The molecule has 26 heavy (non-hydrogen) atoms. The maximum atomic E-state index is 12.9. The smallest absolute Gasteiger partial charge is 0.321 e. The lowest BCUT2D eigenvalue weighted by molar-refractivity contribution is -0.134. The van der Waals surface area contributed by atoms with E-state index in [1.54, 1.807) is 72.8 Å². The van der Waals surface area contributed by atoms with E-state index in [1.807, 2.05) is 6.07 Å². The van der Waals surface area contributed by atoms with E-state index >= 15 is 0 Å². The highest BCUT2D eigenvalue weighted by Crippen LogP contribution is 2.26. The predicted octanol–water partition coefficient (Wildman–Crippen LogP) is 4.23. The van der Waals surface area contributed by atoms with Gasteiger partial charge in [0.05, 0.1) is 0 Å². The zero-order chi connectivity index (χ0) is 18.5. The van der Waals surface area contributed by atoms with Crippen molar-refractivity contribution in [2.45, 2.75) is 0 Å². The molecule has 0 aromatic heterocycles. The van der Waals surface area contributed by atoms with Crippen molar-refractivity contribution in [3.05, 3.63) is 83.9 Å². The van der Waals surface area contributed by atoms with Gasteiger partial charge in [-0.3, -0.25) is 14.5 Å². The number of anilines is 4. The van der Waals surface area contributed by atoms with Crippen LogP contribution >= 0.6 is 11.6 Å². The Hall–Kier alpha value is -3.31. The van der Waals surface area contributed by atoms with Crippen LogP contribution in [-0.2, 0) is 9.59 Å². The van der Waals surface area contributed by atoms with Crippen LogP contribution in [0.1, 0.15) is 0 Å². The van der Waals surface area contributed by atoms with Crippen LogP contribution in [0.25, 0.3) is 0 Å². The van der Waals surface area contributed by atoms with Crippen molar-refractivity contribution in [1.29, 1.82) is 0 Å². The van der Waals surface area contributed by atoms with Crippen LogP contribution in [0.4, 0.5) is 22.7 Å². The quantitative estimate of drug-likeness (QED) is 0.538. The number of amides is 2. The number of carbonyl (C=O) groups is 2. The highest BCUT2D eigenvalue weighted by atomic mass is 35.5. The first-order valence-corrected chi connectivity index (χ1v) is 8.24. The Balaban J connectivity index is 1.92. The molecule has 0 fully saturated rings. The lowest BCUT2D eigenvalue weighted by Gasteiger charge is -2.22. The van der Waals surface area contributed by atoms with Gasteiger partial charge in [0.25, 0.3) is 0 Å². The highest BCUT2D eigenvalue weighted by Gasteiger charge is 2.25. The molecular weight excluding hydrogens is 350 g/mol. The molecule has 0 unspecified atom stereocenters. The zero-order valence-corrected chi connectivity index (χ0v) is 14.5. The van der Waals surface area contributed by atoms with Crippen LogP contribution in [0.2, 0.25) is 5.02 Å². The van der Waals surface area contributed by atoms with Crippen molar-refractivity contribution < 1.29 is 9.59 Å². The van der Waals surface area contributed by atoms with Gasteiger partial charge in [-0.15, -0.1) is 0 Å². The van der Waals surface area contributed by atoms with E-state index in [1.165, 1.54) is 4.90 Å². The van der Waals surface area contributed by atoms with Gasteiger partial charge in [-0.2, -0.15) is 0 Å². The Bertz CT molecular complexity index is 927. The summed E-state index contributed by atoms with van der Waals surface area (Å²) in [5.74, 6) is -1.49. The number of rotatable bonds is 3. The number of nitrogens with two attached hydrogens (primary N) is 1. The number of hydrogen-bond donors (Lipinski definition) is 2. The molecule has 0 bridgehead atoms. The minimum atomic E-state index is -0.770. The van der Waals surface area contributed by atoms with E-state index < -0.39 is 11.8 Å². The van der Waals surface area contributed by atoms with Gasteiger partial charge in [0, 0.05) is 27.8 Å². The number of benzene rings is 3. The van der Waals surface area contributed by atoms with Gasteiger partial charge in [-0.1, -0.05) is 35.9 Å². The molecule has 0 heterocycles. The second kappa shape index (κ2) is 7.72. The van der Waals surface area contributed by atoms with Crippen LogP contribution < -0.4 is 16.0 Å². The lowest BCUT2D eigenvalue weighted by Crippen LogP contribution is -2.36. The van der Waals surface area contributed by atoms with Crippen molar-refractivity contribution in [2.24, 2.45) is 0 Å². The zero-order valence-electron chi connectivity index (χ0n) is 13.7. The highest BCUT2D eigenvalue weighted by molar-refractivity contribution is 6.45. The molecule has 0 atom stereocenters. The van der Waals surface area contributed by atoms with Crippen molar-refractivity contribution in [3.8, 4) is 0 Å². The van der Waals surface area contributed by atoms with Crippen molar-refractivity contribution in [2.75, 3.05) is 16.0 Å². The number of para-hydroxylation sites is 1. The van der Waals surface area contributed by atoms with Crippen molar-refractivity contribution in [3.63, 3.8) is 0 Å². The molecule has 0 saturated carbocycles. The molecule has 3 rings (SSSR count). The molecule has 0 spiro atoms. The molecular formula is C20H16ClN3O2. The minimum Gasteiger partial charge on any atom is -0.399 e. The third-order valence-electron chi connectivity index (χ3n) is 3.65. The number of nitrogens with zero attached hydrogens (tertiary/aromatic N) is 1. The first-order chi connectivity index (χ1) is 12.5. The second-order valence-corrected chi connectivity index (χ2v) is 5.97. The Morgan fingerprint density at radius 3 is 2.15 bits per heavy atom. The van der Waals surface area contributed by atoms with E-state index in [0.29, 0.717) is 27.8 Å². The average molecular weight is 366 g/mol. The summed E-state index contributed by atoms with van der Waals surface area (Å²) in [5, 5.41) is 3.04. The maximum absolute atomic E-state index is 12.9. The van der Waals surface area contributed by atoms with E-state index in [0.717, 1.165) is 0 Å². The van der Waals surface area contributed by atoms with Crippen molar-refractivity contribution >= 4 is 46.2 Å². The molecule has 6 heteroatoms. The van der Waals surface area contributed by atoms with Crippen LogP contribution in [0, 0.1) is 0 Å². The monoisotopic (exact) mass is 365 g/mol. The summed E-state index contributed by atoms with van der Waals surface area (Å²) in [4.78, 5) is 26.7. The summed E-state index contributed by atoms with van der Waals surface area (Å²) >= 11 is 5.92. The summed E-state index contributed by atoms with van der Waals surface area (Å²) in [5.41, 5.74) is 7.85. The third kappa shape index (κ3) is 4.02. The Labute approximate surface area is 156 Å². The Morgan fingerprint density at radius 2 is 1.50 bits per heavy atom. The van der Waals surface area contributed by atoms with Gasteiger partial charge >= 0.3 is 11.8 Å². The van der Waals surface area contributed by atoms with Crippen LogP contribution in [0.15, 0.2) is 78.9 Å². The molecule has 0 radical (unpaired) electrons. The summed E-state index contributed by atoms with van der Waals surface area (Å²) < 4.78 is 0. The molecule has 0 saturated heterocycles. The SMILES string of the molecule is Nc1ccc(N(C(=O)C(=O)Nc2cccc(Cl)c2)c2ccccc2)cc1. The maximum Gasteiger partial charge on any atom is 0.321 e. The van der Waals surface area contributed by atoms with Gasteiger partial charge in [-0.05, 0) is 54.6 Å². The van der Waals surface area contributed by atoms with Gasteiger partial charge in [0.2, 0.25) is 0 Å². The molecule has 3 aromatic rings. The molecule has 130 valence electrons. The largest absolute Gasteiger partial charge is 0.399 e. The number of halogens is 1. The molecule has 0 aliphatic heterocycles. The summed E-state index contributed by atoms with van der Waals surface area (Å²) in [6.45, 7) is 0. The number of nitrogens with one attached hydrogen (secondary N) is 1. The average Bonchev–Trinajstić information content (AvgIpc) is 2.64. The molecule has 0 aliphatic rings. The molecule has 3 aromatic carbocycles. The number of hydrogen-bond acceptors (Lipinski definition) is 3. The van der Waals surface area contributed by atoms with E-state index in [2.05, 4.69) is 5.32 Å². The fraction of sp³-hybridized carbons (Fsp3) is 0. The van der Waals surface area contributed by atoms with E-state index in [4.69, 9.17) is 17.3 Å². The van der Waals surface area contributed by atoms with Gasteiger partial charge in [0.1, 0.15) is 0 Å². The minimum absolute atomic E-state index is 0.446. The van der Waals surface area contributed by atoms with E-state index in [-0.39, 0.29) is 0 Å². The number of carbonyl (C=O) groups excluding carboxylic acids is 2. The first kappa shape index (κ1) is 17.5. The van der Waals surface area contributed by atoms with E-state index in [9.17, 15) is 9.59 Å². The first-order valence-electron chi connectivity index (χ1n) is 7.86. The topological polar surface area (TPSA) is 75.4 Å². The number of nitrogen functional groups attached to an aromatic ring is 1. The summed E-state index contributed by atoms with van der Waals surface area (Å²) in [7, 11) is 0. The van der Waals surface area contributed by atoms with Gasteiger partial charge in [0.15, 0.2) is 0 Å².